The summed E-state index contributed by atoms with van der Waals surface area (Å²) in [5.41, 5.74) is 3.23. The highest BCUT2D eigenvalue weighted by Gasteiger charge is 2.34. The van der Waals surface area contributed by atoms with Crippen LogP contribution in [-0.2, 0) is 26.2 Å². The van der Waals surface area contributed by atoms with E-state index < -0.39 is 34.1 Å². The zero-order valence-corrected chi connectivity index (χ0v) is 26.0. The first-order valence-corrected chi connectivity index (χ1v) is 15.0. The van der Waals surface area contributed by atoms with E-state index in [0.29, 0.717) is 17.0 Å². The van der Waals surface area contributed by atoms with Gasteiger partial charge in [-0.1, -0.05) is 47.5 Å². The quantitative estimate of drug-likeness (QED) is 0.359. The molecule has 3 aromatic carbocycles. The first-order chi connectivity index (χ1) is 19.1. The van der Waals surface area contributed by atoms with Gasteiger partial charge in [-0.25, -0.2) is 8.42 Å². The Morgan fingerprint density at radius 1 is 0.927 bits per heavy atom. The van der Waals surface area contributed by atoms with Crippen LogP contribution in [0, 0.1) is 20.8 Å². The number of benzene rings is 3. The summed E-state index contributed by atoms with van der Waals surface area (Å²) >= 11 is 0. The molecule has 1 N–H and O–H groups in total. The zero-order valence-electron chi connectivity index (χ0n) is 25.2. The third-order valence-corrected chi connectivity index (χ3v) is 8.44. The number of methoxy groups -OCH3 is 1. The topological polar surface area (TPSA) is 96.0 Å². The van der Waals surface area contributed by atoms with Crippen molar-refractivity contribution in [1.29, 1.82) is 0 Å². The molecule has 0 aliphatic carbocycles. The van der Waals surface area contributed by atoms with E-state index in [1.165, 1.54) is 4.90 Å². The summed E-state index contributed by atoms with van der Waals surface area (Å²) in [6.07, 6.45) is 0. The third-order valence-electron chi connectivity index (χ3n) is 6.66. The van der Waals surface area contributed by atoms with E-state index in [1.54, 1.807) is 62.6 Å². The highest BCUT2D eigenvalue weighted by molar-refractivity contribution is 7.92. The van der Waals surface area contributed by atoms with E-state index in [9.17, 15) is 18.0 Å². The van der Waals surface area contributed by atoms with Crippen molar-refractivity contribution in [3.05, 3.63) is 89.0 Å². The number of sulfonamides is 1. The molecule has 2 amide bonds. The van der Waals surface area contributed by atoms with Gasteiger partial charge in [-0.05, 0) is 89.9 Å². The smallest absolute Gasteiger partial charge is 0.264 e. The van der Waals surface area contributed by atoms with Crippen molar-refractivity contribution < 1.29 is 22.7 Å². The first-order valence-electron chi connectivity index (χ1n) is 13.5. The molecule has 0 saturated heterocycles. The van der Waals surface area contributed by atoms with Crippen LogP contribution in [0.3, 0.4) is 0 Å². The fourth-order valence-corrected chi connectivity index (χ4v) is 5.94. The molecule has 0 heterocycles. The largest absolute Gasteiger partial charge is 0.497 e. The fraction of sp³-hybridized carbons (Fsp3) is 0.375. The van der Waals surface area contributed by atoms with Gasteiger partial charge in [0.25, 0.3) is 10.0 Å². The van der Waals surface area contributed by atoms with E-state index in [0.717, 1.165) is 21.0 Å². The van der Waals surface area contributed by atoms with E-state index in [-0.39, 0.29) is 17.3 Å². The van der Waals surface area contributed by atoms with Crippen molar-refractivity contribution in [3.8, 4) is 5.75 Å². The van der Waals surface area contributed by atoms with Gasteiger partial charge in [0.05, 0.1) is 17.7 Å². The van der Waals surface area contributed by atoms with Crippen LogP contribution in [0.1, 0.15) is 49.9 Å². The molecule has 41 heavy (non-hydrogen) atoms. The minimum absolute atomic E-state index is 0.0775. The van der Waals surface area contributed by atoms with E-state index >= 15 is 0 Å². The van der Waals surface area contributed by atoms with Gasteiger partial charge in [-0.15, -0.1) is 0 Å². The molecule has 8 nitrogen and oxygen atoms in total. The maximum atomic E-state index is 14.1. The Morgan fingerprint density at radius 2 is 1.56 bits per heavy atom. The summed E-state index contributed by atoms with van der Waals surface area (Å²) in [5.74, 6) is -0.242. The number of carbonyl (C=O) groups is 2. The number of aryl methyl sites for hydroxylation is 3. The van der Waals surface area contributed by atoms with Gasteiger partial charge < -0.3 is 15.0 Å². The predicted octanol–water partition coefficient (Wildman–Crippen LogP) is 5.15. The molecule has 0 radical (unpaired) electrons. The Labute approximate surface area is 244 Å². The standard InChI is InChI=1S/C32H41N3O5S/c1-22-12-15-28(16-13-22)41(38,39)35(29-17-14-23(2)18-24(29)3)21-30(36)34(25(4)31(37)33-32(5,6)7)20-26-10-9-11-27(19-26)40-8/h9-19,25H,20-21H2,1-8H3,(H,33,37)/t25-/m0/s1. The molecule has 0 saturated carbocycles. The fourth-order valence-electron chi connectivity index (χ4n) is 4.46. The Balaban J connectivity index is 2.08. The van der Waals surface area contributed by atoms with Gasteiger partial charge in [0, 0.05) is 12.1 Å². The molecule has 0 bridgehead atoms. The highest BCUT2D eigenvalue weighted by atomic mass is 32.2. The number of carbonyl (C=O) groups excluding carboxylic acids is 2. The van der Waals surface area contributed by atoms with Gasteiger partial charge in [0.1, 0.15) is 18.3 Å². The normalized spacial score (nSPS) is 12.4. The molecular formula is C32H41N3O5S. The maximum Gasteiger partial charge on any atom is 0.264 e. The van der Waals surface area contributed by atoms with Crippen LogP contribution in [0.2, 0.25) is 0 Å². The molecule has 3 aromatic rings. The number of hydrogen-bond acceptors (Lipinski definition) is 5. The van der Waals surface area contributed by atoms with E-state index in [4.69, 9.17) is 4.74 Å². The Kier molecular flexibility index (Phi) is 9.86. The maximum absolute atomic E-state index is 14.1. The molecule has 220 valence electrons. The molecular weight excluding hydrogens is 538 g/mol. The lowest BCUT2D eigenvalue weighted by molar-refractivity contribution is -0.140. The van der Waals surface area contributed by atoms with Crippen LogP contribution in [-0.4, -0.2) is 50.4 Å². The lowest BCUT2D eigenvalue weighted by Crippen LogP contribution is -2.54. The van der Waals surface area contributed by atoms with Gasteiger partial charge in [-0.3, -0.25) is 13.9 Å². The minimum Gasteiger partial charge on any atom is -0.497 e. The lowest BCUT2D eigenvalue weighted by atomic mass is 10.1. The molecule has 0 aliphatic rings. The molecule has 0 unspecified atom stereocenters. The Hall–Kier alpha value is -3.85. The van der Waals surface area contributed by atoms with Gasteiger partial charge in [-0.2, -0.15) is 0 Å². The summed E-state index contributed by atoms with van der Waals surface area (Å²) in [6.45, 7) is 12.4. The average Bonchev–Trinajstić information content (AvgIpc) is 2.89. The highest BCUT2D eigenvalue weighted by Crippen LogP contribution is 2.28. The van der Waals surface area contributed by atoms with Crippen LogP contribution in [0.4, 0.5) is 5.69 Å². The van der Waals surface area contributed by atoms with Crippen LogP contribution in [0.25, 0.3) is 0 Å². The van der Waals surface area contributed by atoms with E-state index in [2.05, 4.69) is 5.32 Å². The number of nitrogens with zero attached hydrogens (tertiary/aromatic N) is 2. The third kappa shape index (κ3) is 8.10. The summed E-state index contributed by atoms with van der Waals surface area (Å²) in [5, 5.41) is 2.93. The van der Waals surface area contributed by atoms with Crippen LogP contribution in [0.15, 0.2) is 71.6 Å². The predicted molar refractivity (Wildman–Crippen MR) is 163 cm³/mol. The minimum atomic E-state index is -4.13. The molecule has 0 aliphatic heterocycles. The average molecular weight is 580 g/mol. The Bertz CT molecular complexity index is 1490. The van der Waals surface area contributed by atoms with Gasteiger partial charge in [0.15, 0.2) is 0 Å². The molecule has 1 atom stereocenters. The molecule has 9 heteroatoms. The van der Waals surface area contributed by atoms with Crippen molar-refractivity contribution in [2.45, 2.75) is 71.5 Å². The monoisotopic (exact) mass is 579 g/mol. The molecule has 3 rings (SSSR count). The summed E-state index contributed by atoms with van der Waals surface area (Å²) < 4.78 is 34.6. The lowest BCUT2D eigenvalue weighted by Gasteiger charge is -2.34. The molecule has 0 fully saturated rings. The van der Waals surface area contributed by atoms with Crippen molar-refractivity contribution in [2.24, 2.45) is 0 Å². The zero-order chi connectivity index (χ0) is 30.5. The molecule has 0 aromatic heterocycles. The summed E-state index contributed by atoms with van der Waals surface area (Å²) in [6, 6.07) is 18.3. The number of hydrogen-bond donors (Lipinski definition) is 1. The SMILES string of the molecule is COc1cccc(CN(C(=O)CN(c2ccc(C)cc2C)S(=O)(=O)c2ccc(C)cc2)[C@@H](C)C(=O)NC(C)(C)C)c1. The van der Waals surface area contributed by atoms with Crippen LogP contribution < -0.4 is 14.4 Å². The first kappa shape index (κ1) is 31.7. The van der Waals surface area contributed by atoms with Crippen LogP contribution in [0.5, 0.6) is 5.75 Å². The van der Waals surface area contributed by atoms with Crippen LogP contribution >= 0.6 is 0 Å². The second kappa shape index (κ2) is 12.8. The number of nitrogens with one attached hydrogen (secondary N) is 1. The van der Waals surface area contributed by atoms with Crippen molar-refractivity contribution in [3.63, 3.8) is 0 Å². The van der Waals surface area contributed by atoms with E-state index in [1.807, 2.05) is 59.7 Å². The molecule has 0 spiro atoms. The number of ether oxygens (including phenoxy) is 1. The number of rotatable bonds is 10. The number of amides is 2. The van der Waals surface area contributed by atoms with Gasteiger partial charge >= 0.3 is 0 Å². The van der Waals surface area contributed by atoms with Gasteiger partial charge in [0.2, 0.25) is 11.8 Å². The second-order valence-electron chi connectivity index (χ2n) is 11.4. The van der Waals surface area contributed by atoms with Crippen molar-refractivity contribution in [2.75, 3.05) is 18.0 Å². The van der Waals surface area contributed by atoms with Crippen molar-refractivity contribution >= 4 is 27.5 Å². The number of anilines is 1. The van der Waals surface area contributed by atoms with Crippen molar-refractivity contribution in [1.82, 2.24) is 10.2 Å². The Morgan fingerprint density at radius 3 is 2.15 bits per heavy atom. The summed E-state index contributed by atoms with van der Waals surface area (Å²) in [7, 11) is -2.57. The summed E-state index contributed by atoms with van der Waals surface area (Å²) in [4.78, 5) is 28.9. The second-order valence-corrected chi connectivity index (χ2v) is 13.3.